The van der Waals surface area contributed by atoms with Crippen molar-refractivity contribution in [2.45, 2.75) is 19.9 Å². The molecule has 0 unspecified atom stereocenters. The number of aromatic nitrogens is 2. The number of rotatable bonds is 4. The molecule has 0 amide bonds. The minimum absolute atomic E-state index is 0.120. The minimum Gasteiger partial charge on any atom is -0.294 e. The number of hydrogen-bond donors (Lipinski definition) is 0. The van der Waals surface area contributed by atoms with Crippen LogP contribution >= 0.6 is 15.9 Å². The third kappa shape index (κ3) is 3.04. The maximum atomic E-state index is 13.2. The number of Topliss-reactive ketones (excluding diaryl/α,β-unsaturated/α-hetero) is 1. The Morgan fingerprint density at radius 2 is 2.22 bits per heavy atom. The Kier molecular flexibility index (Phi) is 3.91. The molecular formula is C13H12BrFN2O. The van der Waals surface area contributed by atoms with Gasteiger partial charge in [-0.3, -0.25) is 9.48 Å². The molecular weight excluding hydrogens is 299 g/mol. The van der Waals surface area contributed by atoms with E-state index in [1.807, 2.05) is 13.1 Å². The van der Waals surface area contributed by atoms with E-state index in [1.165, 1.54) is 12.1 Å². The lowest BCUT2D eigenvalue weighted by molar-refractivity contribution is 0.0992. The molecule has 3 nitrogen and oxygen atoms in total. The number of ketones is 1. The van der Waals surface area contributed by atoms with Crippen molar-refractivity contribution in [3.8, 4) is 0 Å². The molecule has 0 saturated carbocycles. The van der Waals surface area contributed by atoms with Crippen LogP contribution in [0, 0.1) is 5.82 Å². The van der Waals surface area contributed by atoms with Crippen molar-refractivity contribution in [1.29, 1.82) is 0 Å². The molecule has 0 spiro atoms. The van der Waals surface area contributed by atoms with Gasteiger partial charge in [0.05, 0.1) is 6.20 Å². The lowest BCUT2D eigenvalue weighted by Gasteiger charge is -2.01. The fourth-order valence-corrected chi connectivity index (χ4v) is 2.14. The highest BCUT2D eigenvalue weighted by atomic mass is 79.9. The van der Waals surface area contributed by atoms with Gasteiger partial charge in [0, 0.05) is 29.2 Å². The first kappa shape index (κ1) is 13.0. The molecule has 18 heavy (non-hydrogen) atoms. The van der Waals surface area contributed by atoms with Crippen LogP contribution in [0.2, 0.25) is 0 Å². The number of carbonyl (C=O) groups excluding carboxylic acids is 1. The van der Waals surface area contributed by atoms with Crippen LogP contribution in [-0.4, -0.2) is 15.6 Å². The van der Waals surface area contributed by atoms with Crippen molar-refractivity contribution in [2.75, 3.05) is 0 Å². The zero-order valence-electron chi connectivity index (χ0n) is 9.86. The molecule has 0 N–H and O–H groups in total. The largest absolute Gasteiger partial charge is 0.294 e. The van der Waals surface area contributed by atoms with Crippen LogP contribution in [0.5, 0.6) is 0 Å². The van der Waals surface area contributed by atoms with Crippen molar-refractivity contribution in [1.82, 2.24) is 9.78 Å². The van der Waals surface area contributed by atoms with Gasteiger partial charge >= 0.3 is 0 Å². The second kappa shape index (κ2) is 5.44. The number of aryl methyl sites for hydroxylation is 1. The Morgan fingerprint density at radius 3 is 2.83 bits per heavy atom. The van der Waals surface area contributed by atoms with Crippen LogP contribution in [0.25, 0.3) is 0 Å². The smallest absolute Gasteiger partial charge is 0.167 e. The Morgan fingerprint density at radius 1 is 1.44 bits per heavy atom. The average molecular weight is 311 g/mol. The van der Waals surface area contributed by atoms with Gasteiger partial charge in [-0.25, -0.2) is 4.39 Å². The molecule has 0 fully saturated rings. The van der Waals surface area contributed by atoms with Crippen LogP contribution in [0.4, 0.5) is 4.39 Å². The zero-order chi connectivity index (χ0) is 13.1. The summed E-state index contributed by atoms with van der Waals surface area (Å²) in [7, 11) is 0. The average Bonchev–Trinajstić information content (AvgIpc) is 2.75. The van der Waals surface area contributed by atoms with E-state index in [9.17, 15) is 9.18 Å². The van der Waals surface area contributed by atoms with Crippen LogP contribution in [0.15, 0.2) is 35.1 Å². The molecule has 5 heteroatoms. The molecule has 1 aromatic heterocycles. The van der Waals surface area contributed by atoms with Crippen LogP contribution < -0.4 is 0 Å². The normalized spacial score (nSPS) is 10.6. The van der Waals surface area contributed by atoms with Crippen LogP contribution in [0.3, 0.4) is 0 Å². The van der Waals surface area contributed by atoms with Gasteiger partial charge in [0.1, 0.15) is 5.82 Å². The van der Waals surface area contributed by atoms with Crippen molar-refractivity contribution < 1.29 is 9.18 Å². The van der Waals surface area contributed by atoms with Gasteiger partial charge in [0.25, 0.3) is 0 Å². The van der Waals surface area contributed by atoms with E-state index in [1.54, 1.807) is 16.9 Å². The van der Waals surface area contributed by atoms with E-state index in [-0.39, 0.29) is 12.2 Å². The lowest BCUT2D eigenvalue weighted by Crippen LogP contribution is -2.03. The van der Waals surface area contributed by atoms with Gasteiger partial charge in [-0.05, 0) is 30.7 Å². The molecule has 0 aliphatic carbocycles. The number of nitrogens with zero attached hydrogens (tertiary/aromatic N) is 2. The fraction of sp³-hybridized carbons (Fsp3) is 0.231. The first-order chi connectivity index (χ1) is 8.58. The molecule has 0 bridgehead atoms. The minimum atomic E-state index is -0.419. The highest BCUT2D eigenvalue weighted by molar-refractivity contribution is 9.10. The van der Waals surface area contributed by atoms with Crippen LogP contribution in [0.1, 0.15) is 22.8 Å². The van der Waals surface area contributed by atoms with E-state index in [2.05, 4.69) is 21.0 Å². The van der Waals surface area contributed by atoms with Crippen LogP contribution in [-0.2, 0) is 13.0 Å². The second-order valence-electron chi connectivity index (χ2n) is 3.96. The molecule has 0 atom stereocenters. The number of carbonyl (C=O) groups is 1. The standard InChI is InChI=1S/C13H12BrFN2O/c1-2-17-8-9(7-16-17)3-13(18)10-4-11(14)6-12(15)5-10/h4-8H,2-3H2,1H3. The highest BCUT2D eigenvalue weighted by Crippen LogP contribution is 2.16. The topological polar surface area (TPSA) is 34.9 Å². The molecule has 2 rings (SSSR count). The van der Waals surface area contributed by atoms with Gasteiger partial charge in [0.2, 0.25) is 0 Å². The molecule has 1 aromatic carbocycles. The van der Waals surface area contributed by atoms with Gasteiger partial charge in [-0.2, -0.15) is 5.10 Å². The van der Waals surface area contributed by atoms with Gasteiger partial charge in [-0.1, -0.05) is 15.9 Å². The summed E-state index contributed by atoms with van der Waals surface area (Å²) in [6, 6.07) is 4.19. The molecule has 94 valence electrons. The fourth-order valence-electron chi connectivity index (χ4n) is 1.67. The third-order valence-electron chi connectivity index (χ3n) is 2.56. The van der Waals surface area contributed by atoms with Crippen molar-refractivity contribution >= 4 is 21.7 Å². The van der Waals surface area contributed by atoms with E-state index >= 15 is 0 Å². The summed E-state index contributed by atoms with van der Waals surface area (Å²) in [5.74, 6) is -0.539. The van der Waals surface area contributed by atoms with E-state index in [0.717, 1.165) is 12.1 Å². The quantitative estimate of drug-likeness (QED) is 0.813. The summed E-state index contributed by atoms with van der Waals surface area (Å²) in [5.41, 5.74) is 1.20. The Hall–Kier alpha value is -1.49. The molecule has 0 aliphatic heterocycles. The van der Waals surface area contributed by atoms with Gasteiger partial charge < -0.3 is 0 Å². The van der Waals surface area contributed by atoms with Gasteiger partial charge in [-0.15, -0.1) is 0 Å². The Labute approximate surface area is 113 Å². The third-order valence-corrected chi connectivity index (χ3v) is 3.02. The predicted molar refractivity (Wildman–Crippen MR) is 70.0 cm³/mol. The Bertz CT molecular complexity index is 560. The highest BCUT2D eigenvalue weighted by Gasteiger charge is 2.10. The summed E-state index contributed by atoms with van der Waals surface area (Å²) in [5, 5.41) is 4.10. The number of benzene rings is 1. The summed E-state index contributed by atoms with van der Waals surface area (Å²) in [6.07, 6.45) is 3.72. The lowest BCUT2D eigenvalue weighted by atomic mass is 10.1. The number of halogens is 2. The van der Waals surface area contributed by atoms with Gasteiger partial charge in [0.15, 0.2) is 5.78 Å². The number of hydrogen-bond acceptors (Lipinski definition) is 2. The Balaban J connectivity index is 2.16. The summed E-state index contributed by atoms with van der Waals surface area (Å²) in [4.78, 5) is 12.0. The van der Waals surface area contributed by atoms with Crippen molar-refractivity contribution in [3.63, 3.8) is 0 Å². The summed E-state index contributed by atoms with van der Waals surface area (Å²) in [6.45, 7) is 2.74. The maximum Gasteiger partial charge on any atom is 0.167 e. The monoisotopic (exact) mass is 310 g/mol. The van der Waals surface area contributed by atoms with E-state index in [4.69, 9.17) is 0 Å². The summed E-state index contributed by atoms with van der Waals surface area (Å²) < 4.78 is 15.5. The molecule has 0 aliphatic rings. The second-order valence-corrected chi connectivity index (χ2v) is 4.88. The zero-order valence-corrected chi connectivity index (χ0v) is 11.4. The first-order valence-electron chi connectivity index (χ1n) is 5.59. The molecule has 0 saturated heterocycles. The molecule has 2 aromatic rings. The van der Waals surface area contributed by atoms with Crippen molar-refractivity contribution in [2.24, 2.45) is 0 Å². The van der Waals surface area contributed by atoms with Crippen molar-refractivity contribution in [3.05, 3.63) is 52.0 Å². The predicted octanol–water partition coefficient (Wildman–Crippen LogP) is 3.23. The SMILES string of the molecule is CCn1cc(CC(=O)c2cc(F)cc(Br)c2)cn1. The molecule has 0 radical (unpaired) electrons. The van der Waals surface area contributed by atoms with E-state index < -0.39 is 5.82 Å². The summed E-state index contributed by atoms with van der Waals surface area (Å²) >= 11 is 3.17. The maximum absolute atomic E-state index is 13.2. The first-order valence-corrected chi connectivity index (χ1v) is 6.38. The molecule has 1 heterocycles. The van der Waals surface area contributed by atoms with E-state index in [0.29, 0.717) is 10.0 Å².